The summed E-state index contributed by atoms with van der Waals surface area (Å²) in [6.45, 7) is 9.44. The number of benzene rings is 1. The molecule has 2 fully saturated rings. The average Bonchev–Trinajstić information content (AvgIpc) is 3.50. The Hall–Kier alpha value is -2.00. The zero-order chi connectivity index (χ0) is 24.3. The van der Waals surface area contributed by atoms with Gasteiger partial charge in [0.15, 0.2) is 12.5 Å². The lowest BCUT2D eigenvalue weighted by Gasteiger charge is -2.21. The number of likely N-dealkylation sites (tertiary alicyclic amines) is 1. The normalized spacial score (nSPS) is 26.9. The van der Waals surface area contributed by atoms with Crippen molar-refractivity contribution in [2.45, 2.75) is 52.1 Å². The fourth-order valence-corrected chi connectivity index (χ4v) is 6.06. The van der Waals surface area contributed by atoms with Crippen LogP contribution in [0.15, 0.2) is 45.8 Å². The van der Waals surface area contributed by atoms with E-state index in [1.54, 1.807) is 23.9 Å². The molecule has 0 spiro atoms. The predicted molar refractivity (Wildman–Crippen MR) is 132 cm³/mol. The molecule has 2 heterocycles. The number of hydrogen-bond donors (Lipinski definition) is 1. The minimum absolute atomic E-state index is 0.376. The van der Waals surface area contributed by atoms with E-state index in [0.717, 1.165) is 66.0 Å². The van der Waals surface area contributed by atoms with Crippen molar-refractivity contribution in [1.82, 2.24) is 10.3 Å². The van der Waals surface area contributed by atoms with E-state index in [9.17, 15) is 13.2 Å². The first kappa shape index (κ1) is 25.1. The summed E-state index contributed by atoms with van der Waals surface area (Å²) in [4.78, 5) is 6.75. The second-order valence-corrected chi connectivity index (χ2v) is 10.7. The van der Waals surface area contributed by atoms with E-state index in [1.807, 2.05) is 20.8 Å². The molecule has 0 aromatic heterocycles. The number of fused-ring (bicyclic) bond motifs is 1. The summed E-state index contributed by atoms with van der Waals surface area (Å²) < 4.78 is 44.1. The van der Waals surface area contributed by atoms with Crippen LogP contribution < -0.4 is 5.43 Å². The van der Waals surface area contributed by atoms with Crippen molar-refractivity contribution < 1.29 is 17.9 Å². The van der Waals surface area contributed by atoms with Crippen LogP contribution in [0.4, 0.5) is 13.2 Å². The molecule has 1 aromatic rings. The number of nitrogens with zero attached hydrogens (tertiary/aromatic N) is 3. The fourth-order valence-electron chi connectivity index (χ4n) is 5.38. The fraction of sp³-hybridized carbons (Fsp3) is 0.600. The molecular weight excluding hydrogens is 461 g/mol. The Bertz CT molecular complexity index is 958. The lowest BCUT2D eigenvalue weighted by molar-refractivity contribution is -0.137. The number of halogens is 3. The number of aliphatic imine (C=N–C) groups is 1. The molecule has 1 N–H and O–H groups in total. The first-order valence-corrected chi connectivity index (χ1v) is 12.9. The van der Waals surface area contributed by atoms with Crippen LogP contribution in [-0.4, -0.2) is 47.8 Å². The number of hydrogen-bond acceptors (Lipinski definition) is 6. The molecular formula is C25H33F3N4OS. The van der Waals surface area contributed by atoms with E-state index in [-0.39, 0.29) is 0 Å². The van der Waals surface area contributed by atoms with Crippen molar-refractivity contribution in [2.75, 3.05) is 32.1 Å². The highest BCUT2D eigenvalue weighted by Crippen LogP contribution is 2.47. The van der Waals surface area contributed by atoms with Crippen molar-refractivity contribution >= 4 is 22.5 Å². The van der Waals surface area contributed by atoms with Gasteiger partial charge in [-0.1, -0.05) is 12.1 Å². The third kappa shape index (κ3) is 5.97. The quantitative estimate of drug-likeness (QED) is 0.223. The maximum absolute atomic E-state index is 12.9. The van der Waals surface area contributed by atoms with Crippen LogP contribution in [-0.2, 0) is 10.9 Å². The van der Waals surface area contributed by atoms with Gasteiger partial charge in [-0.3, -0.25) is 5.43 Å². The Kier molecular flexibility index (Phi) is 7.92. The topological polar surface area (TPSA) is 49.2 Å². The zero-order valence-electron chi connectivity index (χ0n) is 20.0. The highest BCUT2D eigenvalue weighted by molar-refractivity contribution is 8.13. The minimum Gasteiger partial charge on any atom is -0.468 e. The molecule has 5 nitrogen and oxygen atoms in total. The Morgan fingerprint density at radius 1 is 1.21 bits per heavy atom. The molecule has 1 aliphatic carbocycles. The van der Waals surface area contributed by atoms with E-state index < -0.39 is 11.7 Å². The Balaban J connectivity index is 1.20. The third-order valence-corrected chi connectivity index (χ3v) is 8.09. The molecule has 9 heteroatoms. The number of nitrogens with one attached hydrogen (secondary N) is 1. The van der Waals surface area contributed by atoms with Crippen LogP contribution >= 0.6 is 11.8 Å². The summed E-state index contributed by atoms with van der Waals surface area (Å²) in [5.41, 5.74) is 5.32. The van der Waals surface area contributed by atoms with Crippen molar-refractivity contribution in [3.05, 3.63) is 46.8 Å². The third-order valence-electron chi connectivity index (χ3n) is 7.09. The number of rotatable bonds is 7. The van der Waals surface area contributed by atoms with Crippen molar-refractivity contribution in [2.24, 2.45) is 21.9 Å². The Labute approximate surface area is 203 Å². The lowest BCUT2D eigenvalue weighted by Crippen LogP contribution is -2.24. The molecule has 0 radical (unpaired) electrons. The highest BCUT2D eigenvalue weighted by atomic mass is 32.2. The summed E-state index contributed by atoms with van der Waals surface area (Å²) >= 11 is 1.74. The van der Waals surface area contributed by atoms with Gasteiger partial charge in [-0.25, -0.2) is 4.99 Å². The number of thioether (sulfide) groups is 1. The SMILES string of the molecule is CC1=NCOC1=C(C)N/N=C(\C)SCCCN1C[C@H]2CC[C@H](c3ccc(C(F)(F)F)cc3)[C@H]2C1. The largest absolute Gasteiger partial charge is 0.468 e. The molecule has 34 heavy (non-hydrogen) atoms. The molecule has 2 aliphatic heterocycles. The van der Waals surface area contributed by atoms with E-state index in [2.05, 4.69) is 20.4 Å². The Morgan fingerprint density at radius 2 is 1.97 bits per heavy atom. The van der Waals surface area contributed by atoms with Gasteiger partial charge < -0.3 is 9.64 Å². The van der Waals surface area contributed by atoms with Gasteiger partial charge in [-0.05, 0) is 82.0 Å². The summed E-state index contributed by atoms with van der Waals surface area (Å²) in [6.07, 6.45) is -0.940. The van der Waals surface area contributed by atoms with Crippen molar-refractivity contribution in [3.63, 3.8) is 0 Å². The van der Waals surface area contributed by atoms with Crippen molar-refractivity contribution in [1.29, 1.82) is 0 Å². The van der Waals surface area contributed by atoms with Gasteiger partial charge in [-0.2, -0.15) is 18.3 Å². The number of hydrazone groups is 1. The van der Waals surface area contributed by atoms with Crippen LogP contribution in [0.1, 0.15) is 57.1 Å². The number of allylic oxidation sites excluding steroid dienone is 2. The zero-order valence-corrected chi connectivity index (χ0v) is 20.8. The highest BCUT2D eigenvalue weighted by Gasteiger charge is 2.43. The lowest BCUT2D eigenvalue weighted by atomic mass is 9.86. The summed E-state index contributed by atoms with van der Waals surface area (Å²) in [6, 6.07) is 5.85. The van der Waals surface area contributed by atoms with Gasteiger partial charge in [0.2, 0.25) is 0 Å². The minimum atomic E-state index is -4.27. The second kappa shape index (κ2) is 10.7. The molecule has 186 valence electrons. The Morgan fingerprint density at radius 3 is 2.65 bits per heavy atom. The molecule has 0 bridgehead atoms. The monoisotopic (exact) mass is 494 g/mol. The predicted octanol–water partition coefficient (Wildman–Crippen LogP) is 5.86. The standard InChI is InChI=1S/C25H33F3N4OS/c1-16-24(33-15-29-16)17(2)30-31-18(3)34-12-4-11-32-13-20-7-10-22(23(20)14-32)19-5-8-21(9-6-19)25(26,27)28/h5-6,8-9,20,22-23,30H,4,7,10-15H2,1-3H3/b24-17?,31-18+/t20-,22-,23+/m1/s1. The maximum Gasteiger partial charge on any atom is 0.416 e. The van der Waals surface area contributed by atoms with Crippen LogP contribution in [0, 0.1) is 11.8 Å². The number of ether oxygens (including phenoxy) is 1. The first-order chi connectivity index (χ1) is 16.2. The summed E-state index contributed by atoms with van der Waals surface area (Å²) in [5, 5.41) is 5.42. The molecule has 1 saturated heterocycles. The number of alkyl halides is 3. The van der Waals surface area contributed by atoms with Crippen LogP contribution in [0.2, 0.25) is 0 Å². The van der Waals surface area contributed by atoms with Gasteiger partial charge in [-0.15, -0.1) is 11.8 Å². The van der Waals surface area contributed by atoms with E-state index in [4.69, 9.17) is 4.74 Å². The summed E-state index contributed by atoms with van der Waals surface area (Å²) in [5.74, 6) is 3.36. The van der Waals surface area contributed by atoms with E-state index >= 15 is 0 Å². The first-order valence-electron chi connectivity index (χ1n) is 11.9. The molecule has 0 unspecified atom stereocenters. The van der Waals surface area contributed by atoms with Crippen molar-refractivity contribution in [3.8, 4) is 0 Å². The van der Waals surface area contributed by atoms with Gasteiger partial charge in [0.05, 0.1) is 22.0 Å². The molecule has 0 amide bonds. The molecule has 1 aromatic carbocycles. The molecule has 3 aliphatic rings. The molecule has 3 atom stereocenters. The second-order valence-electron chi connectivity index (χ2n) is 9.40. The van der Waals surface area contributed by atoms with E-state index in [0.29, 0.717) is 24.5 Å². The van der Waals surface area contributed by atoms with Gasteiger partial charge >= 0.3 is 6.18 Å². The van der Waals surface area contributed by atoms with Gasteiger partial charge in [0.1, 0.15) is 0 Å². The smallest absolute Gasteiger partial charge is 0.416 e. The van der Waals surface area contributed by atoms with Crippen LogP contribution in [0.3, 0.4) is 0 Å². The average molecular weight is 495 g/mol. The van der Waals surface area contributed by atoms with Gasteiger partial charge in [0, 0.05) is 18.8 Å². The molecule has 1 saturated carbocycles. The van der Waals surface area contributed by atoms with Crippen LogP contribution in [0.25, 0.3) is 0 Å². The maximum atomic E-state index is 12.9. The van der Waals surface area contributed by atoms with Crippen LogP contribution in [0.5, 0.6) is 0 Å². The molecule has 4 rings (SSSR count). The van der Waals surface area contributed by atoms with Gasteiger partial charge in [0.25, 0.3) is 0 Å². The van der Waals surface area contributed by atoms with E-state index in [1.165, 1.54) is 18.6 Å². The summed E-state index contributed by atoms with van der Waals surface area (Å²) in [7, 11) is 0.